The first kappa shape index (κ1) is 23.7. The van der Waals surface area contributed by atoms with Crippen LogP contribution in [0, 0.1) is 0 Å². The van der Waals surface area contributed by atoms with Gasteiger partial charge in [-0.25, -0.2) is 14.4 Å². The molecule has 0 bridgehead atoms. The zero-order valence-corrected chi connectivity index (χ0v) is 18.6. The van der Waals surface area contributed by atoms with Crippen LogP contribution in [0.1, 0.15) is 20.7 Å². The van der Waals surface area contributed by atoms with Gasteiger partial charge in [-0.2, -0.15) is 0 Å². The molecule has 0 aromatic heterocycles. The van der Waals surface area contributed by atoms with E-state index in [4.69, 9.17) is 9.47 Å². The zero-order valence-electron chi connectivity index (χ0n) is 17.0. The maximum Gasteiger partial charge on any atom is 0.349 e. The molecular weight excluding hydrogens is 494 g/mol. The standard InChI is InChI=1S/C24H18BrNO7/c25-17-12-7-13-18(14-17)26-21(27)19(32-23(30)15-8-3-1-4-9-15)20(22(28)29)33-24(31)16-10-5-2-6-11-16/h1-14,19-20H,(H,26,27)(H,28,29)/t19-,20+/m1/s1. The lowest BCUT2D eigenvalue weighted by molar-refractivity contribution is -0.157. The monoisotopic (exact) mass is 511 g/mol. The summed E-state index contributed by atoms with van der Waals surface area (Å²) in [6.45, 7) is 0. The summed E-state index contributed by atoms with van der Waals surface area (Å²) in [6, 6.07) is 21.9. The van der Waals surface area contributed by atoms with Gasteiger partial charge in [-0.15, -0.1) is 0 Å². The van der Waals surface area contributed by atoms with Gasteiger partial charge in [0.25, 0.3) is 5.91 Å². The number of hydrogen-bond donors (Lipinski definition) is 2. The molecule has 0 aliphatic rings. The minimum absolute atomic E-state index is 0.0734. The Morgan fingerprint density at radius 2 is 1.24 bits per heavy atom. The van der Waals surface area contributed by atoms with E-state index in [0.29, 0.717) is 10.2 Å². The van der Waals surface area contributed by atoms with Crippen molar-refractivity contribution in [3.63, 3.8) is 0 Å². The van der Waals surface area contributed by atoms with Gasteiger partial charge in [0.1, 0.15) is 0 Å². The summed E-state index contributed by atoms with van der Waals surface area (Å²) >= 11 is 3.27. The van der Waals surface area contributed by atoms with E-state index in [1.807, 2.05) is 0 Å². The number of rotatable bonds is 8. The van der Waals surface area contributed by atoms with Gasteiger partial charge in [0.2, 0.25) is 12.2 Å². The number of benzene rings is 3. The first-order valence-electron chi connectivity index (χ1n) is 9.66. The Kier molecular flexibility index (Phi) is 7.93. The minimum atomic E-state index is -2.10. The van der Waals surface area contributed by atoms with Crippen molar-refractivity contribution < 1.29 is 33.8 Å². The second-order valence-electron chi connectivity index (χ2n) is 6.72. The third-order valence-electron chi connectivity index (χ3n) is 4.36. The molecule has 33 heavy (non-hydrogen) atoms. The smallest absolute Gasteiger partial charge is 0.349 e. The normalized spacial score (nSPS) is 12.2. The van der Waals surface area contributed by atoms with Gasteiger partial charge in [-0.3, -0.25) is 4.79 Å². The van der Waals surface area contributed by atoms with Gasteiger partial charge in [0.15, 0.2) is 0 Å². The second-order valence-corrected chi connectivity index (χ2v) is 7.64. The molecule has 0 unspecified atom stereocenters. The van der Waals surface area contributed by atoms with Crippen LogP contribution < -0.4 is 5.32 Å². The molecule has 0 spiro atoms. The van der Waals surface area contributed by atoms with Crippen molar-refractivity contribution in [3.8, 4) is 0 Å². The largest absolute Gasteiger partial charge is 0.478 e. The van der Waals surface area contributed by atoms with Crippen LogP contribution in [0.5, 0.6) is 0 Å². The van der Waals surface area contributed by atoms with Crippen molar-refractivity contribution >= 4 is 45.4 Å². The van der Waals surface area contributed by atoms with Gasteiger partial charge in [-0.05, 0) is 42.5 Å². The van der Waals surface area contributed by atoms with Gasteiger partial charge in [-0.1, -0.05) is 58.4 Å². The topological polar surface area (TPSA) is 119 Å². The number of ether oxygens (including phenoxy) is 2. The van der Waals surface area contributed by atoms with Crippen molar-refractivity contribution in [1.29, 1.82) is 0 Å². The molecule has 0 heterocycles. The van der Waals surface area contributed by atoms with Crippen molar-refractivity contribution in [2.75, 3.05) is 5.32 Å². The number of esters is 2. The van der Waals surface area contributed by atoms with Crippen LogP contribution in [0.4, 0.5) is 5.69 Å². The van der Waals surface area contributed by atoms with Crippen molar-refractivity contribution in [2.45, 2.75) is 12.2 Å². The number of anilines is 1. The molecule has 8 nitrogen and oxygen atoms in total. The second kappa shape index (κ2) is 11.1. The molecule has 0 fully saturated rings. The third-order valence-corrected chi connectivity index (χ3v) is 4.85. The van der Waals surface area contributed by atoms with E-state index in [-0.39, 0.29) is 11.1 Å². The third kappa shape index (κ3) is 6.50. The summed E-state index contributed by atoms with van der Waals surface area (Å²) in [5, 5.41) is 12.2. The van der Waals surface area contributed by atoms with E-state index in [2.05, 4.69) is 21.2 Å². The number of carboxylic acid groups (broad SMARTS) is 1. The average molecular weight is 512 g/mol. The fourth-order valence-corrected chi connectivity index (χ4v) is 3.19. The molecule has 1 amide bonds. The summed E-state index contributed by atoms with van der Waals surface area (Å²) in [5.41, 5.74) is 0.481. The Bertz CT molecular complexity index is 1150. The molecule has 2 N–H and O–H groups in total. The number of carboxylic acids is 1. The minimum Gasteiger partial charge on any atom is -0.478 e. The molecule has 2 atom stereocenters. The number of hydrogen-bond acceptors (Lipinski definition) is 6. The lowest BCUT2D eigenvalue weighted by Gasteiger charge is -2.23. The Hall–Kier alpha value is -3.98. The fraction of sp³-hybridized carbons (Fsp3) is 0.0833. The predicted molar refractivity (Wildman–Crippen MR) is 122 cm³/mol. The van der Waals surface area contributed by atoms with E-state index in [1.165, 1.54) is 24.3 Å². The van der Waals surface area contributed by atoms with E-state index in [1.54, 1.807) is 60.7 Å². The lowest BCUT2D eigenvalue weighted by atomic mass is 10.1. The lowest BCUT2D eigenvalue weighted by Crippen LogP contribution is -2.48. The highest BCUT2D eigenvalue weighted by atomic mass is 79.9. The molecule has 0 saturated carbocycles. The number of nitrogens with one attached hydrogen (secondary N) is 1. The predicted octanol–water partition coefficient (Wildman–Crippen LogP) is 3.92. The van der Waals surface area contributed by atoms with E-state index < -0.39 is 36.0 Å². The molecule has 3 aromatic rings. The Morgan fingerprint density at radius 3 is 1.73 bits per heavy atom. The van der Waals surface area contributed by atoms with Crippen LogP contribution in [-0.2, 0) is 19.1 Å². The zero-order chi connectivity index (χ0) is 23.8. The summed E-state index contributed by atoms with van der Waals surface area (Å²) in [4.78, 5) is 50.1. The van der Waals surface area contributed by atoms with E-state index in [9.17, 15) is 24.3 Å². The number of carbonyl (C=O) groups is 4. The summed E-state index contributed by atoms with van der Waals surface area (Å²) in [6.07, 6.45) is -4.07. The number of amides is 1. The maximum atomic E-state index is 13.0. The summed E-state index contributed by atoms with van der Waals surface area (Å²) in [5.74, 6) is -4.58. The summed E-state index contributed by atoms with van der Waals surface area (Å²) in [7, 11) is 0. The maximum absolute atomic E-state index is 13.0. The quantitative estimate of drug-likeness (QED) is 0.439. The SMILES string of the molecule is O=C(O[C@H](C(=O)O)[C@@H](OC(=O)c1ccccc1)C(=O)Nc1cccc(Br)c1)c1ccccc1. The van der Waals surface area contributed by atoms with Gasteiger partial charge >= 0.3 is 17.9 Å². The Labute approximate surface area is 197 Å². The first-order chi connectivity index (χ1) is 15.8. The highest BCUT2D eigenvalue weighted by molar-refractivity contribution is 9.10. The molecule has 0 saturated heterocycles. The molecule has 3 aromatic carbocycles. The highest BCUT2D eigenvalue weighted by Gasteiger charge is 2.41. The molecule has 9 heteroatoms. The van der Waals surface area contributed by atoms with Crippen LogP contribution in [0.2, 0.25) is 0 Å². The molecule has 0 radical (unpaired) electrons. The Balaban J connectivity index is 1.90. The average Bonchev–Trinajstić information content (AvgIpc) is 2.82. The van der Waals surface area contributed by atoms with E-state index >= 15 is 0 Å². The van der Waals surface area contributed by atoms with Crippen LogP contribution >= 0.6 is 15.9 Å². The first-order valence-corrected chi connectivity index (χ1v) is 10.5. The Morgan fingerprint density at radius 1 is 0.727 bits per heavy atom. The molecule has 3 rings (SSSR count). The number of aliphatic carboxylic acids is 1. The van der Waals surface area contributed by atoms with Crippen molar-refractivity contribution in [3.05, 3.63) is 101 Å². The van der Waals surface area contributed by atoms with Crippen LogP contribution in [-0.4, -0.2) is 41.1 Å². The van der Waals surface area contributed by atoms with Crippen molar-refractivity contribution in [2.24, 2.45) is 0 Å². The van der Waals surface area contributed by atoms with Crippen LogP contribution in [0.25, 0.3) is 0 Å². The highest BCUT2D eigenvalue weighted by Crippen LogP contribution is 2.19. The summed E-state index contributed by atoms with van der Waals surface area (Å²) < 4.78 is 11.0. The fourth-order valence-electron chi connectivity index (χ4n) is 2.79. The molecule has 0 aliphatic heterocycles. The number of halogens is 1. The number of carbonyl (C=O) groups excluding carboxylic acids is 3. The molecule has 0 aliphatic carbocycles. The van der Waals surface area contributed by atoms with Crippen LogP contribution in [0.15, 0.2) is 89.4 Å². The molecule has 168 valence electrons. The van der Waals surface area contributed by atoms with Crippen molar-refractivity contribution in [1.82, 2.24) is 0 Å². The van der Waals surface area contributed by atoms with E-state index in [0.717, 1.165) is 0 Å². The van der Waals surface area contributed by atoms with Gasteiger partial charge < -0.3 is 19.9 Å². The van der Waals surface area contributed by atoms with Gasteiger partial charge in [0.05, 0.1) is 11.1 Å². The molecular formula is C24H18BrNO7. The van der Waals surface area contributed by atoms with Gasteiger partial charge in [0, 0.05) is 10.2 Å². The van der Waals surface area contributed by atoms with Crippen LogP contribution in [0.3, 0.4) is 0 Å².